The molecule has 1 heterocycles. The summed E-state index contributed by atoms with van der Waals surface area (Å²) in [6.45, 7) is 4.62. The molecule has 0 fully saturated rings. The van der Waals surface area contributed by atoms with E-state index >= 15 is 0 Å². The highest BCUT2D eigenvalue weighted by Crippen LogP contribution is 2.38. The van der Waals surface area contributed by atoms with Crippen molar-refractivity contribution >= 4 is 34.4 Å². The first-order valence-electron chi connectivity index (χ1n) is 10.1. The van der Waals surface area contributed by atoms with E-state index < -0.39 is 29.4 Å². The number of ketones is 2. The maximum Gasteiger partial charge on any atom is 0.338 e. The molecule has 0 amide bonds. The van der Waals surface area contributed by atoms with Crippen LogP contribution in [0.25, 0.3) is 10.9 Å². The standard InChI is InChI=1S/C25H19NO7/c1-13(2)24(30)32-9-10-33-25(31)15-7-8-16-17(11-15)23(29)20(22(16)28)21-19(27)12-14-5-3-4-6-18(14)26-21/h3-8,11-12,20,27H,1,9-10H2,2H3. The van der Waals surface area contributed by atoms with Gasteiger partial charge in [-0.1, -0.05) is 24.8 Å². The van der Waals surface area contributed by atoms with E-state index in [9.17, 15) is 24.3 Å². The molecule has 0 bridgehead atoms. The SMILES string of the molecule is C=C(C)C(=O)OCCOC(=O)c1ccc2c(c1)C(=O)C(c1nc3ccccc3cc1O)C2=O. The second kappa shape index (κ2) is 8.66. The second-order valence-corrected chi connectivity index (χ2v) is 7.56. The Morgan fingerprint density at radius 1 is 1.00 bits per heavy atom. The first kappa shape index (κ1) is 21.9. The molecule has 1 unspecified atom stereocenters. The Morgan fingerprint density at radius 2 is 1.70 bits per heavy atom. The molecule has 1 aliphatic rings. The maximum absolute atomic E-state index is 13.1. The van der Waals surface area contributed by atoms with Gasteiger partial charge in [0.2, 0.25) is 0 Å². The van der Waals surface area contributed by atoms with Crippen LogP contribution in [0, 0.1) is 0 Å². The predicted octanol–water partition coefficient (Wildman–Crippen LogP) is 3.38. The van der Waals surface area contributed by atoms with Crippen molar-refractivity contribution in [3.8, 4) is 5.75 Å². The number of aromatic nitrogens is 1. The van der Waals surface area contributed by atoms with Crippen molar-refractivity contribution in [3.05, 3.63) is 83.1 Å². The van der Waals surface area contributed by atoms with E-state index in [1.165, 1.54) is 31.2 Å². The van der Waals surface area contributed by atoms with E-state index in [1.54, 1.807) is 24.3 Å². The minimum Gasteiger partial charge on any atom is -0.506 e. The molecule has 0 saturated carbocycles. The molecular formula is C25H19NO7. The molecule has 8 heteroatoms. The van der Waals surface area contributed by atoms with Crippen molar-refractivity contribution in [2.75, 3.05) is 13.2 Å². The second-order valence-electron chi connectivity index (χ2n) is 7.56. The number of ether oxygens (including phenoxy) is 2. The number of carbonyl (C=O) groups excluding carboxylic acids is 4. The molecule has 8 nitrogen and oxygen atoms in total. The lowest BCUT2D eigenvalue weighted by molar-refractivity contribution is -0.140. The van der Waals surface area contributed by atoms with Crippen molar-refractivity contribution in [2.45, 2.75) is 12.8 Å². The van der Waals surface area contributed by atoms with Crippen LogP contribution in [-0.4, -0.2) is 46.8 Å². The zero-order chi connectivity index (χ0) is 23.7. The molecule has 1 aliphatic carbocycles. The zero-order valence-electron chi connectivity index (χ0n) is 17.7. The van der Waals surface area contributed by atoms with Crippen LogP contribution in [0.1, 0.15) is 49.6 Å². The molecule has 1 atom stereocenters. The smallest absolute Gasteiger partial charge is 0.338 e. The van der Waals surface area contributed by atoms with E-state index in [4.69, 9.17) is 9.47 Å². The number of Topliss-reactive ketones (excluding diaryl/α,β-unsaturated/α-hetero) is 2. The van der Waals surface area contributed by atoms with Crippen LogP contribution in [0.2, 0.25) is 0 Å². The summed E-state index contributed by atoms with van der Waals surface area (Å²) in [5.74, 6) is -3.93. The van der Waals surface area contributed by atoms with Gasteiger partial charge in [0, 0.05) is 22.1 Å². The third kappa shape index (κ3) is 4.10. The highest BCUT2D eigenvalue weighted by atomic mass is 16.6. The summed E-state index contributed by atoms with van der Waals surface area (Å²) in [4.78, 5) is 54.1. The fourth-order valence-electron chi connectivity index (χ4n) is 3.58. The summed E-state index contributed by atoms with van der Waals surface area (Å²) >= 11 is 0. The highest BCUT2D eigenvalue weighted by Gasteiger charge is 2.42. The third-order valence-electron chi connectivity index (χ3n) is 5.21. The Bertz CT molecular complexity index is 1340. The minimum absolute atomic E-state index is 0.0247. The van der Waals surface area contributed by atoms with Crippen LogP contribution in [0.4, 0.5) is 0 Å². The molecule has 3 aromatic rings. The van der Waals surface area contributed by atoms with Gasteiger partial charge in [-0.2, -0.15) is 0 Å². The van der Waals surface area contributed by atoms with Gasteiger partial charge in [0.05, 0.1) is 11.1 Å². The van der Waals surface area contributed by atoms with E-state index in [1.807, 2.05) is 0 Å². The number of nitrogens with zero attached hydrogens (tertiary/aromatic N) is 1. The molecule has 0 spiro atoms. The number of pyridine rings is 1. The number of hydrogen-bond donors (Lipinski definition) is 1. The average Bonchev–Trinajstić information content (AvgIpc) is 3.05. The summed E-state index contributed by atoms with van der Waals surface area (Å²) in [6.07, 6.45) is 0. The summed E-state index contributed by atoms with van der Waals surface area (Å²) in [6, 6.07) is 12.5. The van der Waals surface area contributed by atoms with Gasteiger partial charge >= 0.3 is 11.9 Å². The van der Waals surface area contributed by atoms with Gasteiger partial charge in [0.1, 0.15) is 30.6 Å². The number of benzene rings is 2. The van der Waals surface area contributed by atoms with E-state index in [-0.39, 0.29) is 46.9 Å². The lowest BCUT2D eigenvalue weighted by Gasteiger charge is -2.10. The fourth-order valence-corrected chi connectivity index (χ4v) is 3.58. The first-order valence-corrected chi connectivity index (χ1v) is 10.1. The molecule has 0 saturated heterocycles. The number of fused-ring (bicyclic) bond motifs is 2. The molecule has 2 aromatic carbocycles. The Kier molecular flexibility index (Phi) is 5.74. The summed E-state index contributed by atoms with van der Waals surface area (Å²) in [5.41, 5.74) is 1.01. The van der Waals surface area contributed by atoms with Crippen molar-refractivity contribution in [1.29, 1.82) is 0 Å². The van der Waals surface area contributed by atoms with Gasteiger partial charge < -0.3 is 14.6 Å². The number of para-hydroxylation sites is 1. The number of rotatable bonds is 6. The normalized spacial score (nSPS) is 14.8. The summed E-state index contributed by atoms with van der Waals surface area (Å²) in [7, 11) is 0. The summed E-state index contributed by atoms with van der Waals surface area (Å²) < 4.78 is 9.92. The monoisotopic (exact) mass is 445 g/mol. The fraction of sp³-hybridized carbons (Fsp3) is 0.160. The van der Waals surface area contributed by atoms with Gasteiger partial charge in [0.25, 0.3) is 0 Å². The van der Waals surface area contributed by atoms with Crippen LogP contribution < -0.4 is 0 Å². The van der Waals surface area contributed by atoms with E-state index in [0.717, 1.165) is 0 Å². The molecular weight excluding hydrogens is 426 g/mol. The molecule has 4 rings (SSSR count). The van der Waals surface area contributed by atoms with E-state index in [2.05, 4.69) is 11.6 Å². The van der Waals surface area contributed by atoms with Gasteiger partial charge in [0.15, 0.2) is 11.6 Å². The molecule has 0 aliphatic heterocycles. The Hall–Kier alpha value is -4.33. The highest BCUT2D eigenvalue weighted by molar-refractivity contribution is 6.30. The zero-order valence-corrected chi connectivity index (χ0v) is 17.7. The number of carbonyl (C=O) groups is 4. The lowest BCUT2D eigenvalue weighted by atomic mass is 9.97. The Balaban J connectivity index is 1.54. The number of aromatic hydroxyl groups is 1. The maximum atomic E-state index is 13.1. The summed E-state index contributed by atoms with van der Waals surface area (Å²) in [5, 5.41) is 11.1. The van der Waals surface area contributed by atoms with Crippen molar-refractivity contribution in [2.24, 2.45) is 0 Å². The predicted molar refractivity (Wildman–Crippen MR) is 117 cm³/mol. The van der Waals surface area contributed by atoms with Crippen molar-refractivity contribution < 1.29 is 33.8 Å². The van der Waals surface area contributed by atoms with Crippen LogP contribution in [0.5, 0.6) is 5.75 Å². The minimum atomic E-state index is -1.29. The van der Waals surface area contributed by atoms with Crippen LogP contribution in [0.15, 0.2) is 60.7 Å². The molecule has 1 aromatic heterocycles. The van der Waals surface area contributed by atoms with Gasteiger partial charge in [-0.25, -0.2) is 14.6 Å². The first-order chi connectivity index (χ1) is 15.8. The average molecular weight is 445 g/mol. The molecule has 166 valence electrons. The Morgan fingerprint density at radius 3 is 2.45 bits per heavy atom. The largest absolute Gasteiger partial charge is 0.506 e. The van der Waals surface area contributed by atoms with E-state index in [0.29, 0.717) is 10.9 Å². The quantitative estimate of drug-likeness (QED) is 0.265. The van der Waals surface area contributed by atoms with Crippen LogP contribution in [0.3, 0.4) is 0 Å². The lowest BCUT2D eigenvalue weighted by Crippen LogP contribution is -2.15. The third-order valence-corrected chi connectivity index (χ3v) is 5.21. The van der Waals surface area contributed by atoms with Crippen molar-refractivity contribution in [3.63, 3.8) is 0 Å². The topological polar surface area (TPSA) is 120 Å². The molecule has 33 heavy (non-hydrogen) atoms. The van der Waals surface area contributed by atoms with Gasteiger partial charge in [-0.3, -0.25) is 9.59 Å². The molecule has 0 radical (unpaired) electrons. The Labute approximate surface area is 188 Å². The van der Waals surface area contributed by atoms with Gasteiger partial charge in [-0.05, 0) is 37.3 Å². The van der Waals surface area contributed by atoms with Gasteiger partial charge in [-0.15, -0.1) is 0 Å². The molecule has 1 N–H and O–H groups in total. The number of hydrogen-bond acceptors (Lipinski definition) is 8. The van der Waals surface area contributed by atoms with Crippen molar-refractivity contribution in [1.82, 2.24) is 4.98 Å². The van der Waals surface area contributed by atoms with Crippen LogP contribution in [-0.2, 0) is 14.3 Å². The van der Waals surface area contributed by atoms with Crippen LogP contribution >= 0.6 is 0 Å². The number of esters is 2.